The fraction of sp³-hybridized carbons (Fsp3) is 0. The van der Waals surface area contributed by atoms with E-state index >= 15 is 0 Å². The van der Waals surface area contributed by atoms with Crippen molar-refractivity contribution < 1.29 is 18.3 Å². The van der Waals surface area contributed by atoms with Gasteiger partial charge in [-0.1, -0.05) is 12.1 Å². The molecule has 0 radical (unpaired) electrons. The van der Waals surface area contributed by atoms with Crippen LogP contribution < -0.4 is 16.2 Å². The maximum Gasteiger partial charge on any atom is 0.337 e. The Hall–Kier alpha value is -2.74. The van der Waals surface area contributed by atoms with Gasteiger partial charge in [-0.05, 0) is 30.3 Å². The Morgan fingerprint density at radius 2 is 1.71 bits per heavy atom. The van der Waals surface area contributed by atoms with Crippen LogP contribution >= 0.6 is 0 Å². The van der Waals surface area contributed by atoms with E-state index in [1.807, 2.05) is 0 Å². The number of carboxylic acid groups (broad SMARTS) is 1. The van der Waals surface area contributed by atoms with E-state index in [2.05, 4.69) is 4.72 Å². The second kappa shape index (κ2) is 5.33. The normalized spacial score (nSPS) is 11.0. The molecule has 0 aliphatic heterocycles. The molecule has 110 valence electrons. The summed E-state index contributed by atoms with van der Waals surface area (Å²) in [6.07, 6.45) is 0. The van der Waals surface area contributed by atoms with Gasteiger partial charge in [0.2, 0.25) is 0 Å². The summed E-state index contributed by atoms with van der Waals surface area (Å²) in [4.78, 5) is 10.8. The molecule has 0 unspecified atom stereocenters. The van der Waals surface area contributed by atoms with Gasteiger partial charge >= 0.3 is 5.97 Å². The third kappa shape index (κ3) is 3.06. The molecule has 2 rings (SSSR count). The predicted molar refractivity (Wildman–Crippen MR) is 79.5 cm³/mol. The number of carbonyl (C=O) groups is 1. The van der Waals surface area contributed by atoms with Crippen molar-refractivity contribution in [1.82, 2.24) is 0 Å². The Bertz CT molecular complexity index is 803. The van der Waals surface area contributed by atoms with Crippen LogP contribution in [0.1, 0.15) is 10.4 Å². The van der Waals surface area contributed by atoms with Gasteiger partial charge in [0.15, 0.2) is 0 Å². The number of carboxylic acids is 1. The number of sulfonamides is 1. The molecule has 0 atom stereocenters. The van der Waals surface area contributed by atoms with E-state index < -0.39 is 16.0 Å². The molecule has 0 saturated carbocycles. The number of anilines is 3. The Balaban J connectivity index is 2.43. The number of nitrogens with two attached hydrogens (primary N) is 2. The monoisotopic (exact) mass is 307 g/mol. The van der Waals surface area contributed by atoms with Crippen LogP contribution in [0.2, 0.25) is 0 Å². The third-order valence-corrected chi connectivity index (χ3v) is 4.13. The molecular formula is C13H13N3O4S. The van der Waals surface area contributed by atoms with Gasteiger partial charge in [0.25, 0.3) is 10.0 Å². The van der Waals surface area contributed by atoms with Gasteiger partial charge in [-0.25, -0.2) is 13.2 Å². The van der Waals surface area contributed by atoms with Crippen molar-refractivity contribution in [3.05, 3.63) is 48.0 Å². The molecule has 0 spiro atoms. The zero-order valence-corrected chi connectivity index (χ0v) is 11.6. The maximum absolute atomic E-state index is 12.2. The second-order valence-corrected chi connectivity index (χ2v) is 5.93. The van der Waals surface area contributed by atoms with Gasteiger partial charge in [0.05, 0.1) is 21.8 Å². The number of nitrogens with one attached hydrogen (secondary N) is 1. The zero-order chi connectivity index (χ0) is 15.6. The lowest BCUT2D eigenvalue weighted by molar-refractivity contribution is 0.0698. The van der Waals surface area contributed by atoms with Crippen LogP contribution in [0.5, 0.6) is 0 Å². The van der Waals surface area contributed by atoms with E-state index in [4.69, 9.17) is 16.6 Å². The van der Waals surface area contributed by atoms with E-state index in [9.17, 15) is 13.2 Å². The van der Waals surface area contributed by atoms with Crippen molar-refractivity contribution in [3.63, 3.8) is 0 Å². The summed E-state index contributed by atoms with van der Waals surface area (Å²) in [6.45, 7) is 0. The van der Waals surface area contributed by atoms with Crippen LogP contribution in [0.4, 0.5) is 17.1 Å². The predicted octanol–water partition coefficient (Wildman–Crippen LogP) is 1.35. The molecule has 7 nitrogen and oxygen atoms in total. The van der Waals surface area contributed by atoms with E-state index in [1.165, 1.54) is 18.2 Å². The molecule has 0 saturated heterocycles. The molecule has 0 heterocycles. The van der Waals surface area contributed by atoms with Crippen molar-refractivity contribution in [3.8, 4) is 0 Å². The molecule has 6 N–H and O–H groups in total. The molecule has 0 aliphatic rings. The fourth-order valence-electron chi connectivity index (χ4n) is 1.68. The van der Waals surface area contributed by atoms with Crippen molar-refractivity contribution in [1.29, 1.82) is 0 Å². The Morgan fingerprint density at radius 1 is 1.05 bits per heavy atom. The van der Waals surface area contributed by atoms with Crippen molar-refractivity contribution in [2.75, 3.05) is 16.2 Å². The lowest BCUT2D eigenvalue weighted by Crippen LogP contribution is -2.15. The first kappa shape index (κ1) is 14.7. The van der Waals surface area contributed by atoms with Crippen LogP contribution in [0.3, 0.4) is 0 Å². The quantitative estimate of drug-likeness (QED) is 0.629. The highest BCUT2D eigenvalue weighted by atomic mass is 32.2. The number of hydrogen-bond acceptors (Lipinski definition) is 5. The van der Waals surface area contributed by atoms with E-state index in [0.717, 1.165) is 6.07 Å². The Kier molecular flexibility index (Phi) is 3.72. The van der Waals surface area contributed by atoms with Crippen molar-refractivity contribution in [2.45, 2.75) is 4.90 Å². The van der Waals surface area contributed by atoms with Gasteiger partial charge in [-0.15, -0.1) is 0 Å². The van der Waals surface area contributed by atoms with E-state index in [0.29, 0.717) is 0 Å². The summed E-state index contributed by atoms with van der Waals surface area (Å²) in [5, 5.41) is 8.97. The molecule has 2 aromatic carbocycles. The third-order valence-electron chi connectivity index (χ3n) is 2.77. The van der Waals surface area contributed by atoms with Gasteiger partial charge < -0.3 is 16.6 Å². The molecule has 8 heteroatoms. The summed E-state index contributed by atoms with van der Waals surface area (Å²) >= 11 is 0. The fourth-order valence-corrected chi connectivity index (χ4v) is 2.79. The molecule has 0 aliphatic carbocycles. The highest BCUT2D eigenvalue weighted by Crippen LogP contribution is 2.23. The molecule has 0 bridgehead atoms. The van der Waals surface area contributed by atoms with Gasteiger partial charge in [0.1, 0.15) is 0 Å². The first-order valence-electron chi connectivity index (χ1n) is 5.81. The molecule has 0 aromatic heterocycles. The number of benzene rings is 2. The lowest BCUT2D eigenvalue weighted by atomic mass is 10.2. The number of aromatic carboxylic acids is 1. The van der Waals surface area contributed by atoms with Crippen LogP contribution in [0.15, 0.2) is 47.4 Å². The summed E-state index contributed by atoms with van der Waals surface area (Å²) in [5.74, 6) is -1.30. The zero-order valence-electron chi connectivity index (χ0n) is 10.8. The Labute approximate surface area is 121 Å². The average Bonchev–Trinajstić information content (AvgIpc) is 2.41. The standard InChI is InChI=1S/C13H13N3O4S/c14-10-6-5-8(7-9(10)13(17)18)21(19,20)16-12-4-2-1-3-11(12)15/h1-7,16H,14-15H2,(H,17,18). The lowest BCUT2D eigenvalue weighted by Gasteiger charge is -2.11. The number of hydrogen-bond donors (Lipinski definition) is 4. The highest BCUT2D eigenvalue weighted by molar-refractivity contribution is 7.92. The number of para-hydroxylation sites is 2. The second-order valence-electron chi connectivity index (χ2n) is 4.25. The minimum Gasteiger partial charge on any atom is -0.478 e. The Morgan fingerprint density at radius 3 is 2.33 bits per heavy atom. The average molecular weight is 307 g/mol. The van der Waals surface area contributed by atoms with Crippen molar-refractivity contribution in [2.24, 2.45) is 0 Å². The van der Waals surface area contributed by atoms with Crippen molar-refractivity contribution >= 4 is 33.1 Å². The maximum atomic E-state index is 12.2. The van der Waals surface area contributed by atoms with Gasteiger partial charge in [0, 0.05) is 5.69 Å². The number of rotatable bonds is 4. The molecular weight excluding hydrogens is 294 g/mol. The largest absolute Gasteiger partial charge is 0.478 e. The van der Waals surface area contributed by atoms with Gasteiger partial charge in [-0.3, -0.25) is 4.72 Å². The number of nitrogen functional groups attached to an aromatic ring is 2. The molecule has 2 aromatic rings. The minimum absolute atomic E-state index is 0.0133. The summed E-state index contributed by atoms with van der Waals surface area (Å²) in [6, 6.07) is 9.79. The molecule has 0 amide bonds. The molecule has 21 heavy (non-hydrogen) atoms. The highest BCUT2D eigenvalue weighted by Gasteiger charge is 2.18. The van der Waals surface area contributed by atoms with Gasteiger partial charge in [-0.2, -0.15) is 0 Å². The van der Waals surface area contributed by atoms with E-state index in [1.54, 1.807) is 18.2 Å². The summed E-state index contributed by atoms with van der Waals surface area (Å²) in [7, 11) is -3.96. The van der Waals surface area contributed by atoms with E-state index in [-0.39, 0.29) is 27.5 Å². The summed E-state index contributed by atoms with van der Waals surface area (Å²) in [5.41, 5.74) is 11.3. The first-order valence-corrected chi connectivity index (χ1v) is 7.30. The van der Waals surface area contributed by atoms with Crippen LogP contribution in [-0.2, 0) is 10.0 Å². The summed E-state index contributed by atoms with van der Waals surface area (Å²) < 4.78 is 26.8. The minimum atomic E-state index is -3.96. The SMILES string of the molecule is Nc1ccccc1NS(=O)(=O)c1ccc(N)c(C(=O)O)c1. The molecule has 0 fully saturated rings. The first-order chi connectivity index (χ1) is 9.81. The van der Waals surface area contributed by atoms with Crippen LogP contribution in [-0.4, -0.2) is 19.5 Å². The smallest absolute Gasteiger partial charge is 0.337 e. The van der Waals surface area contributed by atoms with Crippen LogP contribution in [0.25, 0.3) is 0 Å². The van der Waals surface area contributed by atoms with Crippen LogP contribution in [0, 0.1) is 0 Å². The topological polar surface area (TPSA) is 136 Å².